The van der Waals surface area contributed by atoms with E-state index in [4.69, 9.17) is 0 Å². The summed E-state index contributed by atoms with van der Waals surface area (Å²) in [5, 5.41) is 5.81. The summed E-state index contributed by atoms with van der Waals surface area (Å²) in [7, 11) is 0. The van der Waals surface area contributed by atoms with Gasteiger partial charge < -0.3 is 0 Å². The van der Waals surface area contributed by atoms with Crippen molar-refractivity contribution >= 4 is 21.5 Å². The van der Waals surface area contributed by atoms with Crippen LogP contribution in [0, 0.1) is 55.4 Å². The van der Waals surface area contributed by atoms with E-state index < -0.39 is 0 Å². The van der Waals surface area contributed by atoms with Crippen molar-refractivity contribution in [3.05, 3.63) is 56.6 Å². The van der Waals surface area contributed by atoms with Gasteiger partial charge in [-0.2, -0.15) is 0 Å². The van der Waals surface area contributed by atoms with E-state index in [0.29, 0.717) is 0 Å². The van der Waals surface area contributed by atoms with Crippen molar-refractivity contribution in [2.45, 2.75) is 55.4 Å². The molecule has 0 aromatic heterocycles. The molecular formula is C22H26. The summed E-state index contributed by atoms with van der Waals surface area (Å²) in [6.45, 7) is 18.1. The van der Waals surface area contributed by atoms with Gasteiger partial charge in [0.25, 0.3) is 0 Å². The lowest BCUT2D eigenvalue weighted by Crippen LogP contribution is -2.00. The molecule has 0 aliphatic rings. The van der Waals surface area contributed by atoms with Gasteiger partial charge in [0.05, 0.1) is 0 Å². The Hall–Kier alpha value is -1.82. The van der Waals surface area contributed by atoms with Crippen LogP contribution < -0.4 is 0 Å². The first-order valence-electron chi connectivity index (χ1n) is 8.15. The average molecular weight is 290 g/mol. The summed E-state index contributed by atoms with van der Waals surface area (Å²) < 4.78 is 0. The van der Waals surface area contributed by atoms with Gasteiger partial charge in [-0.05, 0) is 116 Å². The predicted octanol–water partition coefficient (Wildman–Crippen LogP) is 6.46. The molecule has 0 atom stereocenters. The number of hydrogen-bond acceptors (Lipinski definition) is 0. The van der Waals surface area contributed by atoms with Gasteiger partial charge in [-0.25, -0.2) is 0 Å². The van der Waals surface area contributed by atoms with E-state index in [9.17, 15) is 0 Å². The molecule has 0 aliphatic heterocycles. The topological polar surface area (TPSA) is 0 Å². The van der Waals surface area contributed by atoms with Gasteiger partial charge in [0, 0.05) is 0 Å². The van der Waals surface area contributed by atoms with Crippen LogP contribution in [-0.4, -0.2) is 0 Å². The first kappa shape index (κ1) is 15.1. The van der Waals surface area contributed by atoms with Gasteiger partial charge in [-0.1, -0.05) is 17.7 Å². The second-order valence-corrected chi connectivity index (χ2v) is 7.00. The maximum absolute atomic E-state index is 2.37. The van der Waals surface area contributed by atoms with Crippen LogP contribution in [0.25, 0.3) is 21.5 Å². The Morgan fingerprint density at radius 1 is 0.455 bits per heavy atom. The average Bonchev–Trinajstić information content (AvgIpc) is 2.45. The van der Waals surface area contributed by atoms with Crippen LogP contribution in [-0.2, 0) is 0 Å². The van der Waals surface area contributed by atoms with Crippen LogP contribution in [0.3, 0.4) is 0 Å². The number of fused-ring (bicyclic) bond motifs is 3. The molecule has 0 bridgehead atoms. The number of benzene rings is 3. The highest BCUT2D eigenvalue weighted by atomic mass is 14.2. The molecule has 3 aromatic rings. The summed E-state index contributed by atoms with van der Waals surface area (Å²) >= 11 is 0. The Morgan fingerprint density at radius 2 is 0.909 bits per heavy atom. The van der Waals surface area contributed by atoms with Crippen molar-refractivity contribution in [3.8, 4) is 0 Å². The monoisotopic (exact) mass is 290 g/mol. The first-order chi connectivity index (χ1) is 10.3. The molecule has 0 aliphatic carbocycles. The van der Waals surface area contributed by atoms with Gasteiger partial charge >= 0.3 is 0 Å². The van der Waals surface area contributed by atoms with Gasteiger partial charge in [-0.15, -0.1) is 0 Å². The largest absolute Gasteiger partial charge is 0.0557 e. The normalized spacial score (nSPS) is 11.6. The van der Waals surface area contributed by atoms with Crippen LogP contribution in [0.4, 0.5) is 0 Å². The maximum atomic E-state index is 2.37. The molecule has 3 aromatic carbocycles. The highest BCUT2D eigenvalue weighted by Gasteiger charge is 2.17. The van der Waals surface area contributed by atoms with Gasteiger partial charge in [0.15, 0.2) is 0 Å². The van der Waals surface area contributed by atoms with Gasteiger partial charge in [-0.3, -0.25) is 0 Å². The molecule has 22 heavy (non-hydrogen) atoms. The molecule has 0 heteroatoms. The van der Waals surface area contributed by atoms with E-state index >= 15 is 0 Å². The zero-order valence-electron chi connectivity index (χ0n) is 15.2. The lowest BCUT2D eigenvalue weighted by molar-refractivity contribution is 1.24. The van der Waals surface area contributed by atoms with E-state index in [0.717, 1.165) is 0 Å². The minimum atomic E-state index is 1.35. The van der Waals surface area contributed by atoms with Crippen LogP contribution >= 0.6 is 0 Å². The molecule has 0 saturated heterocycles. The van der Waals surface area contributed by atoms with Crippen molar-refractivity contribution in [2.75, 3.05) is 0 Å². The van der Waals surface area contributed by atoms with Crippen LogP contribution in [0.2, 0.25) is 0 Å². The van der Waals surface area contributed by atoms with E-state index in [1.54, 1.807) is 0 Å². The SMILES string of the molecule is Cc1cc(C)c2c(C)c(C)c3c(C)c(C)c(C)c(C)c3c2c1. The zero-order valence-corrected chi connectivity index (χ0v) is 15.2. The smallest absolute Gasteiger partial charge is 0.00675 e. The van der Waals surface area contributed by atoms with E-state index in [2.05, 4.69) is 67.5 Å². The molecule has 0 saturated carbocycles. The molecule has 0 spiro atoms. The zero-order chi connectivity index (χ0) is 16.3. The highest BCUT2D eigenvalue weighted by Crippen LogP contribution is 2.40. The Bertz CT molecular complexity index is 940. The summed E-state index contributed by atoms with van der Waals surface area (Å²) in [5.74, 6) is 0. The molecule has 3 rings (SSSR count). The molecule has 0 nitrogen and oxygen atoms in total. The molecule has 0 heterocycles. The summed E-state index contributed by atoms with van der Waals surface area (Å²) in [4.78, 5) is 0. The van der Waals surface area contributed by atoms with Gasteiger partial charge in [0.1, 0.15) is 0 Å². The van der Waals surface area contributed by atoms with Crippen molar-refractivity contribution in [2.24, 2.45) is 0 Å². The molecule has 0 amide bonds. The van der Waals surface area contributed by atoms with E-state index in [1.807, 2.05) is 0 Å². The van der Waals surface area contributed by atoms with Crippen molar-refractivity contribution < 1.29 is 0 Å². The lowest BCUT2D eigenvalue weighted by Gasteiger charge is -2.21. The van der Waals surface area contributed by atoms with E-state index in [1.165, 1.54) is 66.1 Å². The third-order valence-electron chi connectivity index (χ3n) is 5.75. The summed E-state index contributed by atoms with van der Waals surface area (Å²) in [6.07, 6.45) is 0. The van der Waals surface area contributed by atoms with Crippen LogP contribution in [0.1, 0.15) is 44.5 Å². The van der Waals surface area contributed by atoms with Crippen molar-refractivity contribution in [3.63, 3.8) is 0 Å². The van der Waals surface area contributed by atoms with Gasteiger partial charge in [0.2, 0.25) is 0 Å². The Kier molecular flexibility index (Phi) is 3.32. The quantitative estimate of drug-likeness (QED) is 0.417. The fourth-order valence-corrected chi connectivity index (χ4v) is 4.16. The van der Waals surface area contributed by atoms with E-state index in [-0.39, 0.29) is 0 Å². The van der Waals surface area contributed by atoms with Crippen LogP contribution in [0.15, 0.2) is 12.1 Å². The molecule has 0 N–H and O–H groups in total. The second-order valence-electron chi connectivity index (χ2n) is 7.00. The Morgan fingerprint density at radius 3 is 1.50 bits per heavy atom. The third kappa shape index (κ3) is 1.83. The minimum Gasteiger partial charge on any atom is -0.0557 e. The standard InChI is InChI=1S/C22H26/c1-11-9-12(2)20-17(7)18(8)21-15(5)13(3)14(4)16(6)22(21)19(20)10-11/h9-10H,1-8H3. The molecule has 0 radical (unpaired) electrons. The fourth-order valence-electron chi connectivity index (χ4n) is 4.16. The third-order valence-corrected chi connectivity index (χ3v) is 5.75. The molecule has 114 valence electrons. The predicted molar refractivity (Wildman–Crippen MR) is 99.4 cm³/mol. The molecule has 0 fully saturated rings. The Labute approximate surface area is 134 Å². The second kappa shape index (κ2) is 4.84. The molecular weight excluding hydrogens is 264 g/mol. The maximum Gasteiger partial charge on any atom is -0.00675 e. The van der Waals surface area contributed by atoms with Crippen LogP contribution in [0.5, 0.6) is 0 Å². The Balaban J connectivity index is 2.80. The number of rotatable bonds is 0. The number of aryl methyl sites for hydroxylation is 6. The highest BCUT2D eigenvalue weighted by molar-refractivity contribution is 6.14. The molecule has 0 unspecified atom stereocenters. The summed E-state index contributed by atoms with van der Waals surface area (Å²) in [6, 6.07) is 4.68. The lowest BCUT2D eigenvalue weighted by atomic mass is 9.83. The minimum absolute atomic E-state index is 1.35. The first-order valence-corrected chi connectivity index (χ1v) is 8.15. The fraction of sp³-hybridized carbons (Fsp3) is 0.364. The van der Waals surface area contributed by atoms with Crippen molar-refractivity contribution in [1.29, 1.82) is 0 Å². The summed E-state index contributed by atoms with van der Waals surface area (Å²) in [5.41, 5.74) is 11.4. The van der Waals surface area contributed by atoms with Crippen molar-refractivity contribution in [1.82, 2.24) is 0 Å². The number of hydrogen-bond donors (Lipinski definition) is 0.